The Labute approximate surface area is 113 Å². The second-order valence-corrected chi connectivity index (χ2v) is 5.82. The summed E-state index contributed by atoms with van der Waals surface area (Å²) in [5.74, 6) is 0.550. The molecule has 0 saturated heterocycles. The molecule has 3 nitrogen and oxygen atoms in total. The van der Waals surface area contributed by atoms with Crippen molar-refractivity contribution in [1.29, 1.82) is 0 Å². The van der Waals surface area contributed by atoms with Gasteiger partial charge in [-0.2, -0.15) is 0 Å². The molecule has 0 spiro atoms. The van der Waals surface area contributed by atoms with Gasteiger partial charge >= 0.3 is 0 Å². The standard InChI is InChI=1S/C13H22BrN3/c1-10(2)13(15)6-7-17(3)9-12-5-4-11(14)8-16-12/h4-5,8,10,13H,6-7,9,15H2,1-3H3. The van der Waals surface area contributed by atoms with E-state index in [0.717, 1.165) is 29.7 Å². The average molecular weight is 300 g/mol. The Hall–Kier alpha value is -0.450. The second kappa shape index (κ2) is 7.09. The Bertz CT molecular complexity index is 324. The van der Waals surface area contributed by atoms with E-state index in [0.29, 0.717) is 5.92 Å². The van der Waals surface area contributed by atoms with Crippen LogP contribution in [0.4, 0.5) is 0 Å². The van der Waals surface area contributed by atoms with Gasteiger partial charge in [-0.1, -0.05) is 13.8 Å². The molecule has 2 N–H and O–H groups in total. The topological polar surface area (TPSA) is 42.1 Å². The first-order valence-corrected chi connectivity index (χ1v) is 6.83. The third kappa shape index (κ3) is 5.61. The minimum absolute atomic E-state index is 0.287. The maximum atomic E-state index is 6.03. The first-order chi connectivity index (χ1) is 7.99. The molecule has 1 aromatic heterocycles. The summed E-state index contributed by atoms with van der Waals surface area (Å²) in [4.78, 5) is 6.62. The number of hydrogen-bond donors (Lipinski definition) is 1. The van der Waals surface area contributed by atoms with Gasteiger partial charge in [0.1, 0.15) is 0 Å². The van der Waals surface area contributed by atoms with E-state index < -0.39 is 0 Å². The molecule has 0 bridgehead atoms. The van der Waals surface area contributed by atoms with Gasteiger partial charge in [-0.25, -0.2) is 0 Å². The molecule has 0 aromatic carbocycles. The van der Waals surface area contributed by atoms with Gasteiger partial charge in [0, 0.05) is 23.3 Å². The molecule has 0 aliphatic carbocycles. The van der Waals surface area contributed by atoms with Crippen LogP contribution in [0.3, 0.4) is 0 Å². The van der Waals surface area contributed by atoms with Gasteiger partial charge in [0.15, 0.2) is 0 Å². The van der Waals surface area contributed by atoms with Crippen molar-refractivity contribution in [3.05, 3.63) is 28.5 Å². The van der Waals surface area contributed by atoms with Gasteiger partial charge in [0.05, 0.1) is 5.69 Å². The van der Waals surface area contributed by atoms with Crippen LogP contribution in [0.2, 0.25) is 0 Å². The number of hydrogen-bond acceptors (Lipinski definition) is 3. The van der Waals surface area contributed by atoms with Crippen LogP contribution >= 0.6 is 15.9 Å². The average Bonchev–Trinajstić information content (AvgIpc) is 2.29. The Morgan fingerprint density at radius 3 is 2.65 bits per heavy atom. The predicted octanol–water partition coefficient (Wildman–Crippen LogP) is 2.65. The minimum Gasteiger partial charge on any atom is -0.327 e. The summed E-state index contributed by atoms with van der Waals surface area (Å²) in [5, 5.41) is 0. The molecule has 1 rings (SSSR count). The number of rotatable bonds is 6. The van der Waals surface area contributed by atoms with E-state index >= 15 is 0 Å². The van der Waals surface area contributed by atoms with Crippen molar-refractivity contribution in [2.24, 2.45) is 11.7 Å². The highest BCUT2D eigenvalue weighted by atomic mass is 79.9. The van der Waals surface area contributed by atoms with E-state index in [-0.39, 0.29) is 6.04 Å². The minimum atomic E-state index is 0.287. The fourth-order valence-corrected chi connectivity index (χ4v) is 1.79. The molecule has 0 radical (unpaired) electrons. The van der Waals surface area contributed by atoms with Crippen LogP contribution < -0.4 is 5.73 Å². The summed E-state index contributed by atoms with van der Waals surface area (Å²) in [5.41, 5.74) is 7.12. The monoisotopic (exact) mass is 299 g/mol. The molecule has 1 unspecified atom stereocenters. The molecule has 1 heterocycles. The van der Waals surface area contributed by atoms with Crippen LogP contribution in [0.15, 0.2) is 22.8 Å². The number of halogens is 1. The van der Waals surface area contributed by atoms with Crippen molar-refractivity contribution >= 4 is 15.9 Å². The molecule has 0 amide bonds. The summed E-state index contributed by atoms with van der Waals surface area (Å²) in [6, 6.07) is 4.36. The van der Waals surface area contributed by atoms with E-state index in [4.69, 9.17) is 5.73 Å². The zero-order valence-electron chi connectivity index (χ0n) is 10.9. The highest BCUT2D eigenvalue weighted by Crippen LogP contribution is 2.09. The lowest BCUT2D eigenvalue weighted by Crippen LogP contribution is -2.31. The quantitative estimate of drug-likeness (QED) is 0.878. The van der Waals surface area contributed by atoms with Crippen LogP contribution in [-0.4, -0.2) is 29.5 Å². The van der Waals surface area contributed by atoms with Gasteiger partial charge in [0.25, 0.3) is 0 Å². The van der Waals surface area contributed by atoms with E-state index in [1.165, 1.54) is 0 Å². The van der Waals surface area contributed by atoms with Crippen LogP contribution in [0.1, 0.15) is 26.0 Å². The largest absolute Gasteiger partial charge is 0.327 e. The van der Waals surface area contributed by atoms with Crippen molar-refractivity contribution in [3.63, 3.8) is 0 Å². The van der Waals surface area contributed by atoms with Gasteiger partial charge in [-0.3, -0.25) is 4.98 Å². The number of pyridine rings is 1. The number of nitrogens with zero attached hydrogens (tertiary/aromatic N) is 2. The van der Waals surface area contributed by atoms with E-state index in [1.807, 2.05) is 18.3 Å². The molecule has 17 heavy (non-hydrogen) atoms. The summed E-state index contributed by atoms with van der Waals surface area (Å²) in [6.45, 7) is 6.22. The smallest absolute Gasteiger partial charge is 0.0544 e. The second-order valence-electron chi connectivity index (χ2n) is 4.90. The first kappa shape index (κ1) is 14.6. The van der Waals surface area contributed by atoms with Gasteiger partial charge in [-0.05, 0) is 54.0 Å². The molecule has 0 saturated carbocycles. The van der Waals surface area contributed by atoms with Gasteiger partial charge < -0.3 is 10.6 Å². The van der Waals surface area contributed by atoms with Crippen LogP contribution in [0, 0.1) is 5.92 Å². The Balaban J connectivity index is 2.34. The number of aromatic nitrogens is 1. The van der Waals surface area contributed by atoms with E-state index in [9.17, 15) is 0 Å². The fraction of sp³-hybridized carbons (Fsp3) is 0.615. The maximum Gasteiger partial charge on any atom is 0.0544 e. The summed E-state index contributed by atoms with van der Waals surface area (Å²) in [6.07, 6.45) is 2.87. The number of nitrogens with two attached hydrogens (primary N) is 1. The van der Waals surface area contributed by atoms with Crippen molar-refractivity contribution in [3.8, 4) is 0 Å². The van der Waals surface area contributed by atoms with Crippen molar-refractivity contribution < 1.29 is 0 Å². The lowest BCUT2D eigenvalue weighted by molar-refractivity contribution is 0.293. The zero-order valence-corrected chi connectivity index (χ0v) is 12.4. The maximum absolute atomic E-state index is 6.03. The Morgan fingerprint density at radius 1 is 1.41 bits per heavy atom. The third-order valence-electron chi connectivity index (χ3n) is 2.92. The lowest BCUT2D eigenvalue weighted by atomic mass is 10.0. The summed E-state index contributed by atoms with van der Waals surface area (Å²) < 4.78 is 1.02. The summed E-state index contributed by atoms with van der Waals surface area (Å²) >= 11 is 3.38. The van der Waals surface area contributed by atoms with Crippen molar-refractivity contribution in [2.45, 2.75) is 32.9 Å². The SMILES string of the molecule is CC(C)C(N)CCN(C)Cc1ccc(Br)cn1. The lowest BCUT2D eigenvalue weighted by Gasteiger charge is -2.21. The van der Waals surface area contributed by atoms with Gasteiger partial charge in [-0.15, -0.1) is 0 Å². The normalized spacial score (nSPS) is 13.4. The molecule has 1 atom stereocenters. The predicted molar refractivity (Wildman–Crippen MR) is 75.7 cm³/mol. The van der Waals surface area contributed by atoms with Crippen molar-refractivity contribution in [2.75, 3.05) is 13.6 Å². The molecular formula is C13H22BrN3. The van der Waals surface area contributed by atoms with Gasteiger partial charge in [0.2, 0.25) is 0 Å². The Morgan fingerprint density at radius 2 is 2.12 bits per heavy atom. The molecule has 4 heteroatoms. The fourth-order valence-electron chi connectivity index (χ4n) is 1.56. The van der Waals surface area contributed by atoms with Crippen LogP contribution in [0.25, 0.3) is 0 Å². The molecule has 1 aromatic rings. The molecular weight excluding hydrogens is 278 g/mol. The van der Waals surface area contributed by atoms with Crippen molar-refractivity contribution in [1.82, 2.24) is 9.88 Å². The Kier molecular flexibility index (Phi) is 6.09. The molecule has 0 fully saturated rings. The molecule has 0 aliphatic heterocycles. The summed E-state index contributed by atoms with van der Waals surface area (Å²) in [7, 11) is 2.11. The van der Waals surface area contributed by atoms with Crippen LogP contribution in [-0.2, 0) is 6.54 Å². The zero-order chi connectivity index (χ0) is 12.8. The molecule has 96 valence electrons. The highest BCUT2D eigenvalue weighted by Gasteiger charge is 2.09. The van der Waals surface area contributed by atoms with E-state index in [1.54, 1.807) is 0 Å². The molecule has 0 aliphatic rings. The van der Waals surface area contributed by atoms with E-state index in [2.05, 4.69) is 46.7 Å². The highest BCUT2D eigenvalue weighted by molar-refractivity contribution is 9.10. The third-order valence-corrected chi connectivity index (χ3v) is 3.39. The first-order valence-electron chi connectivity index (χ1n) is 6.03. The van der Waals surface area contributed by atoms with Crippen LogP contribution in [0.5, 0.6) is 0 Å².